The largest absolute Gasteiger partial charge is 0.451 e. The van der Waals surface area contributed by atoms with E-state index in [0.29, 0.717) is 0 Å². The third kappa shape index (κ3) is 7.62. The Balaban J connectivity index is 3.37. The minimum Gasteiger partial charge on any atom is -0.451 e. The molecule has 0 fully saturated rings. The van der Waals surface area contributed by atoms with Crippen molar-refractivity contribution in [1.82, 2.24) is 0 Å². The Hall–Kier alpha value is -0.280. The number of rotatable bonds is 4. The lowest BCUT2D eigenvalue weighted by Gasteiger charge is -2.14. The maximum absolute atomic E-state index is 10.1. The van der Waals surface area contributed by atoms with Crippen LogP contribution in [0.2, 0.25) is 0 Å². The standard InChI is InChI=1S/C7H13ClO3/c1-5(2)11-6(3)4-10-7(8)9/h5-6H,4H2,1-3H3. The first kappa shape index (κ1) is 10.7. The van der Waals surface area contributed by atoms with Crippen molar-refractivity contribution < 1.29 is 14.3 Å². The van der Waals surface area contributed by atoms with Gasteiger partial charge in [-0.05, 0) is 20.8 Å². The van der Waals surface area contributed by atoms with Crippen molar-refractivity contribution in [3.05, 3.63) is 0 Å². The topological polar surface area (TPSA) is 35.5 Å². The number of ether oxygens (including phenoxy) is 2. The molecule has 0 amide bonds. The smallest absolute Gasteiger partial charge is 0.403 e. The first-order chi connectivity index (χ1) is 5.02. The molecule has 66 valence electrons. The zero-order valence-electron chi connectivity index (χ0n) is 6.96. The first-order valence-corrected chi connectivity index (χ1v) is 3.88. The molecule has 0 heterocycles. The van der Waals surface area contributed by atoms with Crippen LogP contribution in [0, 0.1) is 0 Å². The summed E-state index contributed by atoms with van der Waals surface area (Å²) >= 11 is 4.94. The highest BCUT2D eigenvalue weighted by Crippen LogP contribution is 1.98. The number of halogens is 1. The van der Waals surface area contributed by atoms with Gasteiger partial charge in [-0.1, -0.05) is 0 Å². The number of hydrogen-bond donors (Lipinski definition) is 0. The molecule has 0 spiro atoms. The molecule has 0 aromatic carbocycles. The van der Waals surface area contributed by atoms with Gasteiger partial charge in [0.05, 0.1) is 12.2 Å². The van der Waals surface area contributed by atoms with Crippen LogP contribution in [0.1, 0.15) is 20.8 Å². The van der Waals surface area contributed by atoms with Crippen LogP contribution in [0.4, 0.5) is 4.79 Å². The first-order valence-electron chi connectivity index (χ1n) is 3.50. The summed E-state index contributed by atoms with van der Waals surface area (Å²) in [6.45, 7) is 5.86. The van der Waals surface area contributed by atoms with Gasteiger partial charge in [0.2, 0.25) is 0 Å². The summed E-state index contributed by atoms with van der Waals surface area (Å²) in [5.74, 6) is 0. The molecule has 1 unspecified atom stereocenters. The molecule has 3 nitrogen and oxygen atoms in total. The van der Waals surface area contributed by atoms with Gasteiger partial charge in [0.15, 0.2) is 0 Å². The molecular formula is C7H13ClO3. The van der Waals surface area contributed by atoms with Gasteiger partial charge in [-0.15, -0.1) is 0 Å². The summed E-state index contributed by atoms with van der Waals surface area (Å²) in [5, 5.41) is 0. The van der Waals surface area contributed by atoms with Gasteiger partial charge in [0, 0.05) is 11.6 Å². The second-order valence-electron chi connectivity index (χ2n) is 2.54. The molecule has 0 aliphatic carbocycles. The van der Waals surface area contributed by atoms with Crippen LogP contribution in [0.3, 0.4) is 0 Å². The quantitative estimate of drug-likeness (QED) is 0.622. The van der Waals surface area contributed by atoms with Gasteiger partial charge in [0.25, 0.3) is 0 Å². The lowest BCUT2D eigenvalue weighted by molar-refractivity contribution is -0.0136. The van der Waals surface area contributed by atoms with Gasteiger partial charge in [-0.2, -0.15) is 0 Å². The van der Waals surface area contributed by atoms with Gasteiger partial charge in [-0.25, -0.2) is 4.79 Å². The fourth-order valence-electron chi connectivity index (χ4n) is 0.687. The fraction of sp³-hybridized carbons (Fsp3) is 0.857. The molecule has 0 saturated heterocycles. The zero-order valence-corrected chi connectivity index (χ0v) is 7.72. The third-order valence-corrected chi connectivity index (χ3v) is 1.05. The van der Waals surface area contributed by atoms with Gasteiger partial charge >= 0.3 is 5.43 Å². The Kier molecular flexibility index (Phi) is 5.24. The molecule has 0 aliphatic rings. The predicted octanol–water partition coefficient (Wildman–Crippen LogP) is 2.18. The average Bonchev–Trinajstić information content (AvgIpc) is 1.82. The van der Waals surface area contributed by atoms with Crippen LogP contribution in [-0.2, 0) is 9.47 Å². The molecule has 0 aromatic heterocycles. The molecule has 0 bridgehead atoms. The highest BCUT2D eigenvalue weighted by molar-refractivity contribution is 6.61. The van der Waals surface area contributed by atoms with Crippen molar-refractivity contribution in [1.29, 1.82) is 0 Å². The minimum absolute atomic E-state index is 0.0994. The Morgan fingerprint density at radius 1 is 1.45 bits per heavy atom. The summed E-state index contributed by atoms with van der Waals surface area (Å²) in [7, 11) is 0. The molecule has 0 saturated carbocycles. The van der Waals surface area contributed by atoms with E-state index in [-0.39, 0.29) is 18.8 Å². The van der Waals surface area contributed by atoms with E-state index in [0.717, 1.165) is 0 Å². The minimum atomic E-state index is -0.788. The maximum atomic E-state index is 10.1. The summed E-state index contributed by atoms with van der Waals surface area (Å²) in [5.41, 5.74) is -0.788. The molecule has 11 heavy (non-hydrogen) atoms. The van der Waals surface area contributed by atoms with Crippen LogP contribution in [-0.4, -0.2) is 24.2 Å². The second kappa shape index (κ2) is 5.38. The summed E-state index contributed by atoms with van der Waals surface area (Å²) in [6.07, 6.45) is 0.0386. The normalized spacial score (nSPS) is 13.2. The Labute approximate surface area is 71.6 Å². The SMILES string of the molecule is CC(C)OC(C)COC(=O)Cl. The van der Waals surface area contributed by atoms with Crippen LogP contribution >= 0.6 is 11.6 Å². The van der Waals surface area contributed by atoms with Gasteiger partial charge < -0.3 is 9.47 Å². The van der Waals surface area contributed by atoms with Crippen molar-refractivity contribution >= 4 is 17.0 Å². The van der Waals surface area contributed by atoms with E-state index in [2.05, 4.69) is 4.74 Å². The molecular weight excluding hydrogens is 168 g/mol. The third-order valence-electron chi connectivity index (χ3n) is 0.936. The van der Waals surface area contributed by atoms with E-state index in [1.54, 1.807) is 0 Å². The van der Waals surface area contributed by atoms with Crippen molar-refractivity contribution in [2.75, 3.05) is 6.61 Å². The van der Waals surface area contributed by atoms with Crippen LogP contribution in [0.25, 0.3) is 0 Å². The summed E-state index contributed by atoms with van der Waals surface area (Å²) in [4.78, 5) is 10.1. The summed E-state index contributed by atoms with van der Waals surface area (Å²) < 4.78 is 9.77. The van der Waals surface area contributed by atoms with Gasteiger partial charge in [-0.3, -0.25) is 0 Å². The molecule has 0 aromatic rings. The maximum Gasteiger partial charge on any atom is 0.403 e. The molecule has 0 rings (SSSR count). The molecule has 0 N–H and O–H groups in total. The Bertz CT molecular complexity index is 125. The Morgan fingerprint density at radius 2 is 2.00 bits per heavy atom. The van der Waals surface area contributed by atoms with E-state index < -0.39 is 5.43 Å². The van der Waals surface area contributed by atoms with Crippen molar-refractivity contribution in [3.8, 4) is 0 Å². The molecule has 0 radical (unpaired) electrons. The molecule has 0 aliphatic heterocycles. The monoisotopic (exact) mass is 180 g/mol. The zero-order chi connectivity index (χ0) is 8.85. The molecule has 1 atom stereocenters. The van der Waals surface area contributed by atoms with E-state index in [9.17, 15) is 4.79 Å². The lowest BCUT2D eigenvalue weighted by atomic mass is 10.4. The van der Waals surface area contributed by atoms with Gasteiger partial charge in [0.1, 0.15) is 6.61 Å². The van der Waals surface area contributed by atoms with E-state index in [1.807, 2.05) is 20.8 Å². The average molecular weight is 181 g/mol. The highest BCUT2D eigenvalue weighted by Gasteiger charge is 2.06. The number of carbonyl (C=O) groups is 1. The molecule has 4 heteroatoms. The summed E-state index contributed by atoms with van der Waals surface area (Å²) in [6, 6.07) is 0. The number of hydrogen-bond acceptors (Lipinski definition) is 3. The van der Waals surface area contributed by atoms with E-state index in [1.165, 1.54) is 0 Å². The lowest BCUT2D eigenvalue weighted by Crippen LogP contribution is -2.20. The predicted molar refractivity (Wildman–Crippen MR) is 42.9 cm³/mol. The fourth-order valence-corrected chi connectivity index (χ4v) is 0.750. The second-order valence-corrected chi connectivity index (χ2v) is 2.85. The highest BCUT2D eigenvalue weighted by atomic mass is 35.5. The number of carbonyl (C=O) groups excluding carboxylic acids is 1. The van der Waals surface area contributed by atoms with Crippen molar-refractivity contribution in [2.24, 2.45) is 0 Å². The van der Waals surface area contributed by atoms with Crippen molar-refractivity contribution in [3.63, 3.8) is 0 Å². The van der Waals surface area contributed by atoms with Crippen LogP contribution < -0.4 is 0 Å². The van der Waals surface area contributed by atoms with Crippen LogP contribution in [0.15, 0.2) is 0 Å². The Morgan fingerprint density at radius 3 is 2.36 bits per heavy atom. The van der Waals surface area contributed by atoms with Crippen molar-refractivity contribution in [2.45, 2.75) is 33.0 Å². The van der Waals surface area contributed by atoms with E-state index >= 15 is 0 Å². The van der Waals surface area contributed by atoms with E-state index in [4.69, 9.17) is 16.3 Å². The van der Waals surface area contributed by atoms with Crippen LogP contribution in [0.5, 0.6) is 0 Å².